The van der Waals surface area contributed by atoms with Crippen LogP contribution in [0.25, 0.3) is 11.1 Å². The third-order valence-corrected chi connectivity index (χ3v) is 3.84. The Morgan fingerprint density at radius 1 is 1.12 bits per heavy atom. The zero-order chi connectivity index (χ0) is 18.4. The Bertz CT molecular complexity index is 755. The van der Waals surface area contributed by atoms with Gasteiger partial charge in [-0.05, 0) is 36.6 Å². The van der Waals surface area contributed by atoms with E-state index in [0.29, 0.717) is 12.2 Å². The van der Waals surface area contributed by atoms with Gasteiger partial charge in [0.05, 0.1) is 6.61 Å². The van der Waals surface area contributed by atoms with Gasteiger partial charge in [-0.25, -0.2) is 4.79 Å². The third-order valence-electron chi connectivity index (χ3n) is 3.84. The number of hydrogen-bond donors (Lipinski definition) is 2. The molecule has 2 aromatic rings. The van der Waals surface area contributed by atoms with Gasteiger partial charge in [0, 0.05) is 11.1 Å². The Balaban J connectivity index is 2.30. The third kappa shape index (κ3) is 4.59. The van der Waals surface area contributed by atoms with Gasteiger partial charge in [0.2, 0.25) is 0 Å². The average Bonchev–Trinajstić information content (AvgIpc) is 2.59. The van der Waals surface area contributed by atoms with Gasteiger partial charge in [0.1, 0.15) is 11.8 Å². The Kier molecular flexibility index (Phi) is 6.17. The van der Waals surface area contributed by atoms with E-state index in [2.05, 4.69) is 5.32 Å². The molecule has 0 spiro atoms. The molecule has 1 unspecified atom stereocenters. The predicted octanol–water partition coefficient (Wildman–Crippen LogP) is 3.59. The second-order valence-electron chi connectivity index (χ2n) is 6.04. The van der Waals surface area contributed by atoms with Crippen molar-refractivity contribution in [3.63, 3.8) is 0 Å². The van der Waals surface area contributed by atoms with Gasteiger partial charge in [-0.15, -0.1) is 0 Å². The van der Waals surface area contributed by atoms with Crippen LogP contribution in [0.3, 0.4) is 0 Å². The minimum absolute atomic E-state index is 0.205. The number of hydrogen-bond acceptors (Lipinski definition) is 3. The summed E-state index contributed by atoms with van der Waals surface area (Å²) in [6.45, 7) is 5.98. The molecule has 5 nitrogen and oxygen atoms in total. The molecule has 0 aromatic heterocycles. The van der Waals surface area contributed by atoms with Gasteiger partial charge < -0.3 is 15.2 Å². The molecule has 0 saturated carbocycles. The van der Waals surface area contributed by atoms with Crippen molar-refractivity contribution in [2.24, 2.45) is 5.92 Å². The lowest BCUT2D eigenvalue weighted by Crippen LogP contribution is -2.44. The fraction of sp³-hybridized carbons (Fsp3) is 0.300. The van der Waals surface area contributed by atoms with Crippen LogP contribution in [-0.2, 0) is 4.79 Å². The molecule has 0 aliphatic rings. The minimum Gasteiger partial charge on any atom is -0.493 e. The fourth-order valence-corrected chi connectivity index (χ4v) is 2.55. The van der Waals surface area contributed by atoms with Crippen molar-refractivity contribution >= 4 is 11.9 Å². The van der Waals surface area contributed by atoms with Crippen LogP contribution in [0.4, 0.5) is 0 Å². The van der Waals surface area contributed by atoms with Crippen molar-refractivity contribution in [3.05, 3.63) is 54.1 Å². The highest BCUT2D eigenvalue weighted by atomic mass is 16.5. The molecule has 0 bridgehead atoms. The van der Waals surface area contributed by atoms with Crippen LogP contribution in [0.5, 0.6) is 5.75 Å². The standard InChI is InChI=1S/C20H23NO4/c1-4-25-17-11-6-5-10-16(17)14-8-7-9-15(12-14)19(22)21-18(13(2)3)20(23)24/h5-13,18H,4H2,1-3H3,(H,21,22)(H,23,24). The van der Waals surface area contributed by atoms with E-state index in [4.69, 9.17) is 4.74 Å². The van der Waals surface area contributed by atoms with Gasteiger partial charge >= 0.3 is 5.97 Å². The Labute approximate surface area is 147 Å². The maximum absolute atomic E-state index is 12.5. The van der Waals surface area contributed by atoms with Gasteiger partial charge in [0.15, 0.2) is 0 Å². The van der Waals surface area contributed by atoms with Crippen molar-refractivity contribution in [2.75, 3.05) is 6.61 Å². The van der Waals surface area contributed by atoms with Crippen molar-refractivity contribution in [2.45, 2.75) is 26.8 Å². The van der Waals surface area contributed by atoms with Crippen LogP contribution in [0.2, 0.25) is 0 Å². The smallest absolute Gasteiger partial charge is 0.326 e. The molecule has 1 atom stereocenters. The SMILES string of the molecule is CCOc1ccccc1-c1cccc(C(=O)NC(C(=O)O)C(C)C)c1. The lowest BCUT2D eigenvalue weighted by Gasteiger charge is -2.18. The molecule has 25 heavy (non-hydrogen) atoms. The average molecular weight is 341 g/mol. The quantitative estimate of drug-likeness (QED) is 0.807. The van der Waals surface area contributed by atoms with E-state index in [9.17, 15) is 14.7 Å². The monoisotopic (exact) mass is 341 g/mol. The van der Waals surface area contributed by atoms with E-state index in [0.717, 1.165) is 16.9 Å². The normalized spacial score (nSPS) is 11.8. The zero-order valence-electron chi connectivity index (χ0n) is 14.7. The molecule has 0 aliphatic heterocycles. The molecular weight excluding hydrogens is 318 g/mol. The second kappa shape index (κ2) is 8.33. The van der Waals surface area contributed by atoms with Crippen molar-refractivity contribution in [3.8, 4) is 16.9 Å². The van der Waals surface area contributed by atoms with Crippen molar-refractivity contribution < 1.29 is 19.4 Å². The molecule has 0 radical (unpaired) electrons. The van der Waals surface area contributed by atoms with Crippen molar-refractivity contribution in [1.29, 1.82) is 0 Å². The van der Waals surface area contributed by atoms with Crippen LogP contribution >= 0.6 is 0 Å². The van der Waals surface area contributed by atoms with Crippen LogP contribution in [0.1, 0.15) is 31.1 Å². The zero-order valence-corrected chi connectivity index (χ0v) is 14.7. The number of benzene rings is 2. The van der Waals surface area contributed by atoms with Crippen LogP contribution in [-0.4, -0.2) is 29.6 Å². The number of carboxylic acid groups (broad SMARTS) is 1. The summed E-state index contributed by atoms with van der Waals surface area (Å²) in [5, 5.41) is 11.8. The molecule has 132 valence electrons. The lowest BCUT2D eigenvalue weighted by atomic mass is 10.0. The van der Waals surface area contributed by atoms with E-state index in [1.165, 1.54) is 0 Å². The largest absolute Gasteiger partial charge is 0.493 e. The first kappa shape index (κ1) is 18.5. The number of carbonyl (C=O) groups is 2. The molecule has 2 rings (SSSR count). The van der Waals surface area contributed by atoms with Gasteiger partial charge in [-0.2, -0.15) is 0 Å². The summed E-state index contributed by atoms with van der Waals surface area (Å²) in [4.78, 5) is 23.7. The fourth-order valence-electron chi connectivity index (χ4n) is 2.55. The first-order chi connectivity index (χ1) is 11.9. The number of nitrogens with one attached hydrogen (secondary N) is 1. The Morgan fingerprint density at radius 3 is 2.48 bits per heavy atom. The molecule has 0 fully saturated rings. The Morgan fingerprint density at radius 2 is 1.84 bits per heavy atom. The summed E-state index contributed by atoms with van der Waals surface area (Å²) in [7, 11) is 0. The summed E-state index contributed by atoms with van der Waals surface area (Å²) in [6, 6.07) is 13.8. The van der Waals surface area contributed by atoms with E-state index in [-0.39, 0.29) is 5.92 Å². The number of amides is 1. The number of carbonyl (C=O) groups excluding carboxylic acids is 1. The maximum atomic E-state index is 12.5. The van der Waals surface area contributed by atoms with Crippen LogP contribution < -0.4 is 10.1 Å². The van der Waals surface area contributed by atoms with E-state index in [1.54, 1.807) is 32.0 Å². The second-order valence-corrected chi connectivity index (χ2v) is 6.04. The lowest BCUT2D eigenvalue weighted by molar-refractivity contribution is -0.140. The summed E-state index contributed by atoms with van der Waals surface area (Å²) in [5.74, 6) is -0.908. The van der Waals surface area contributed by atoms with Gasteiger partial charge in [-0.3, -0.25) is 4.79 Å². The molecule has 5 heteroatoms. The summed E-state index contributed by atoms with van der Waals surface area (Å²) >= 11 is 0. The minimum atomic E-state index is -1.04. The number of carboxylic acids is 1. The van der Waals surface area contributed by atoms with E-state index < -0.39 is 17.9 Å². The highest BCUT2D eigenvalue weighted by Crippen LogP contribution is 2.30. The highest BCUT2D eigenvalue weighted by Gasteiger charge is 2.24. The van der Waals surface area contributed by atoms with Crippen LogP contribution in [0, 0.1) is 5.92 Å². The predicted molar refractivity (Wildman–Crippen MR) is 96.8 cm³/mol. The molecule has 1 amide bonds. The summed E-state index contributed by atoms with van der Waals surface area (Å²) in [6.07, 6.45) is 0. The van der Waals surface area contributed by atoms with E-state index in [1.807, 2.05) is 37.3 Å². The summed E-state index contributed by atoms with van der Waals surface area (Å²) in [5.41, 5.74) is 2.14. The molecule has 0 heterocycles. The van der Waals surface area contributed by atoms with Crippen molar-refractivity contribution in [1.82, 2.24) is 5.32 Å². The Hall–Kier alpha value is -2.82. The molecular formula is C20H23NO4. The van der Waals surface area contributed by atoms with E-state index >= 15 is 0 Å². The van der Waals surface area contributed by atoms with Crippen LogP contribution in [0.15, 0.2) is 48.5 Å². The van der Waals surface area contributed by atoms with Gasteiger partial charge in [-0.1, -0.05) is 44.2 Å². The molecule has 2 aromatic carbocycles. The number of para-hydroxylation sites is 1. The number of ether oxygens (including phenoxy) is 1. The summed E-state index contributed by atoms with van der Waals surface area (Å²) < 4.78 is 5.64. The first-order valence-corrected chi connectivity index (χ1v) is 8.30. The first-order valence-electron chi connectivity index (χ1n) is 8.30. The molecule has 2 N–H and O–H groups in total. The molecule has 0 saturated heterocycles. The number of rotatable bonds is 7. The highest BCUT2D eigenvalue weighted by molar-refractivity contribution is 5.97. The maximum Gasteiger partial charge on any atom is 0.326 e. The molecule has 0 aliphatic carbocycles. The number of aliphatic carboxylic acids is 1. The topological polar surface area (TPSA) is 75.6 Å². The van der Waals surface area contributed by atoms with Gasteiger partial charge in [0.25, 0.3) is 5.91 Å².